The summed E-state index contributed by atoms with van der Waals surface area (Å²) >= 11 is 0. The van der Waals surface area contributed by atoms with Gasteiger partial charge in [-0.3, -0.25) is 0 Å². The van der Waals surface area contributed by atoms with Crippen molar-refractivity contribution in [2.75, 3.05) is 19.8 Å². The summed E-state index contributed by atoms with van der Waals surface area (Å²) in [7, 11) is -3.63. The van der Waals surface area contributed by atoms with Crippen LogP contribution in [-0.2, 0) is 19.5 Å². The Morgan fingerprint density at radius 1 is 1.25 bits per heavy atom. The Morgan fingerprint density at radius 3 is 2.45 bits per heavy atom. The molecule has 0 radical (unpaired) electrons. The number of benzene rings is 1. The highest BCUT2D eigenvalue weighted by molar-refractivity contribution is 7.89. The third-order valence-corrected chi connectivity index (χ3v) is 4.58. The van der Waals surface area contributed by atoms with Crippen molar-refractivity contribution in [2.45, 2.75) is 30.4 Å². The van der Waals surface area contributed by atoms with Crippen LogP contribution in [0.15, 0.2) is 29.2 Å². The van der Waals surface area contributed by atoms with Gasteiger partial charge in [0.1, 0.15) is 5.82 Å². The standard InChI is InChI=1S/C13H18FNO4S/c1-13(18-9-2-10-19-13)7-8-15-20(16,17)12-5-3-11(14)4-6-12/h3-6,15H,2,7-10H2,1H3. The second kappa shape index (κ2) is 6.17. The molecular formula is C13H18FNO4S. The largest absolute Gasteiger partial charge is 0.350 e. The number of ether oxygens (including phenoxy) is 2. The average Bonchev–Trinajstić information content (AvgIpc) is 2.39. The number of halogens is 1. The van der Waals surface area contributed by atoms with E-state index in [0.717, 1.165) is 18.6 Å². The zero-order valence-electron chi connectivity index (χ0n) is 11.3. The first kappa shape index (κ1) is 15.4. The topological polar surface area (TPSA) is 64.6 Å². The zero-order valence-corrected chi connectivity index (χ0v) is 12.1. The molecule has 7 heteroatoms. The highest BCUT2D eigenvalue weighted by Crippen LogP contribution is 2.21. The van der Waals surface area contributed by atoms with E-state index in [1.165, 1.54) is 12.1 Å². The maximum atomic E-state index is 12.8. The van der Waals surface area contributed by atoms with Crippen LogP contribution in [0.5, 0.6) is 0 Å². The number of hydrogen-bond acceptors (Lipinski definition) is 4. The fourth-order valence-electron chi connectivity index (χ4n) is 1.93. The van der Waals surface area contributed by atoms with E-state index in [1.807, 2.05) is 0 Å². The maximum absolute atomic E-state index is 12.8. The van der Waals surface area contributed by atoms with Gasteiger partial charge >= 0.3 is 0 Å². The highest BCUT2D eigenvalue weighted by Gasteiger charge is 2.29. The van der Waals surface area contributed by atoms with E-state index in [2.05, 4.69) is 4.72 Å². The molecule has 1 aromatic rings. The maximum Gasteiger partial charge on any atom is 0.240 e. The summed E-state index contributed by atoms with van der Waals surface area (Å²) < 4.78 is 50.2. The summed E-state index contributed by atoms with van der Waals surface area (Å²) in [6, 6.07) is 4.69. The van der Waals surface area contributed by atoms with Gasteiger partial charge in [0.15, 0.2) is 5.79 Å². The van der Waals surface area contributed by atoms with Crippen LogP contribution >= 0.6 is 0 Å². The number of rotatable bonds is 5. The van der Waals surface area contributed by atoms with Crippen molar-refractivity contribution < 1.29 is 22.3 Å². The van der Waals surface area contributed by atoms with E-state index < -0.39 is 21.6 Å². The van der Waals surface area contributed by atoms with E-state index in [1.54, 1.807) is 6.92 Å². The lowest BCUT2D eigenvalue weighted by atomic mass is 10.2. The minimum absolute atomic E-state index is 0.0366. The Labute approximate surface area is 118 Å². The SMILES string of the molecule is CC1(CCNS(=O)(=O)c2ccc(F)cc2)OCCCO1. The molecule has 2 rings (SSSR count). The van der Waals surface area contributed by atoms with E-state index in [4.69, 9.17) is 9.47 Å². The molecule has 5 nitrogen and oxygen atoms in total. The molecule has 1 fully saturated rings. The summed E-state index contributed by atoms with van der Waals surface area (Å²) in [4.78, 5) is 0.0366. The van der Waals surface area contributed by atoms with Gasteiger partial charge in [-0.15, -0.1) is 0 Å². The molecule has 0 amide bonds. The Bertz CT molecular complexity index is 538. The molecule has 0 aromatic heterocycles. The average molecular weight is 303 g/mol. The number of hydrogen-bond donors (Lipinski definition) is 1. The quantitative estimate of drug-likeness (QED) is 0.898. The molecule has 1 aromatic carbocycles. The first-order valence-electron chi connectivity index (χ1n) is 6.44. The lowest BCUT2D eigenvalue weighted by Crippen LogP contribution is -2.40. The van der Waals surface area contributed by atoms with Gasteiger partial charge in [-0.25, -0.2) is 17.5 Å². The summed E-state index contributed by atoms with van der Waals surface area (Å²) in [6.45, 7) is 3.21. The van der Waals surface area contributed by atoms with Crippen LogP contribution in [0.1, 0.15) is 19.8 Å². The normalized spacial score (nSPS) is 18.9. The Balaban J connectivity index is 1.91. The molecule has 0 atom stereocenters. The van der Waals surface area contributed by atoms with Crippen LogP contribution in [0, 0.1) is 5.82 Å². The van der Waals surface area contributed by atoms with Crippen LogP contribution in [0.2, 0.25) is 0 Å². The molecule has 0 unspecified atom stereocenters. The first-order chi connectivity index (χ1) is 9.41. The van der Waals surface area contributed by atoms with E-state index in [0.29, 0.717) is 19.6 Å². The predicted molar refractivity (Wildman–Crippen MR) is 71.1 cm³/mol. The molecule has 1 saturated heterocycles. The Morgan fingerprint density at radius 2 is 1.85 bits per heavy atom. The van der Waals surface area contributed by atoms with E-state index in [-0.39, 0.29) is 11.4 Å². The van der Waals surface area contributed by atoms with Gasteiger partial charge < -0.3 is 9.47 Å². The minimum Gasteiger partial charge on any atom is -0.350 e. The van der Waals surface area contributed by atoms with Crippen molar-refractivity contribution in [3.63, 3.8) is 0 Å². The molecule has 0 bridgehead atoms. The monoisotopic (exact) mass is 303 g/mol. The fraction of sp³-hybridized carbons (Fsp3) is 0.538. The van der Waals surface area contributed by atoms with Crippen LogP contribution < -0.4 is 4.72 Å². The van der Waals surface area contributed by atoms with E-state index >= 15 is 0 Å². The zero-order chi connectivity index (χ0) is 14.6. The lowest BCUT2D eigenvalue weighted by molar-refractivity contribution is -0.257. The van der Waals surface area contributed by atoms with Gasteiger partial charge in [0.05, 0.1) is 18.1 Å². The van der Waals surface area contributed by atoms with Gasteiger partial charge in [-0.2, -0.15) is 0 Å². The summed E-state index contributed by atoms with van der Waals surface area (Å²) in [5.74, 6) is -1.22. The number of nitrogens with one attached hydrogen (secondary N) is 1. The second-order valence-electron chi connectivity index (χ2n) is 4.79. The van der Waals surface area contributed by atoms with Crippen molar-refractivity contribution >= 4 is 10.0 Å². The molecule has 0 aliphatic carbocycles. The molecule has 20 heavy (non-hydrogen) atoms. The molecule has 1 aliphatic rings. The van der Waals surface area contributed by atoms with Crippen LogP contribution in [0.4, 0.5) is 4.39 Å². The highest BCUT2D eigenvalue weighted by atomic mass is 32.2. The Hall–Kier alpha value is -1.02. The van der Waals surface area contributed by atoms with Crippen LogP contribution in [0.25, 0.3) is 0 Å². The molecule has 1 heterocycles. The second-order valence-corrected chi connectivity index (χ2v) is 6.55. The van der Waals surface area contributed by atoms with Crippen molar-refractivity contribution in [3.8, 4) is 0 Å². The van der Waals surface area contributed by atoms with Crippen molar-refractivity contribution in [1.82, 2.24) is 4.72 Å². The van der Waals surface area contributed by atoms with E-state index in [9.17, 15) is 12.8 Å². The summed E-state index contributed by atoms with van der Waals surface area (Å²) in [5.41, 5.74) is 0. The lowest BCUT2D eigenvalue weighted by Gasteiger charge is -2.33. The molecule has 0 saturated carbocycles. The third-order valence-electron chi connectivity index (χ3n) is 3.10. The van der Waals surface area contributed by atoms with Gasteiger partial charge in [0.2, 0.25) is 10.0 Å². The van der Waals surface area contributed by atoms with Gasteiger partial charge in [-0.1, -0.05) is 0 Å². The first-order valence-corrected chi connectivity index (χ1v) is 7.93. The van der Waals surface area contributed by atoms with Gasteiger partial charge in [-0.05, 0) is 37.6 Å². The summed E-state index contributed by atoms with van der Waals surface area (Å²) in [5, 5.41) is 0. The Kier molecular flexibility index (Phi) is 4.74. The molecular weight excluding hydrogens is 285 g/mol. The van der Waals surface area contributed by atoms with Gasteiger partial charge in [0, 0.05) is 13.0 Å². The third kappa shape index (κ3) is 3.99. The van der Waals surface area contributed by atoms with Crippen molar-refractivity contribution in [3.05, 3.63) is 30.1 Å². The smallest absolute Gasteiger partial charge is 0.240 e. The van der Waals surface area contributed by atoms with Crippen molar-refractivity contribution in [1.29, 1.82) is 0 Å². The summed E-state index contributed by atoms with van der Waals surface area (Å²) in [6.07, 6.45) is 1.25. The minimum atomic E-state index is -3.63. The van der Waals surface area contributed by atoms with Crippen LogP contribution in [-0.4, -0.2) is 34.0 Å². The van der Waals surface area contributed by atoms with Gasteiger partial charge in [0.25, 0.3) is 0 Å². The molecule has 0 spiro atoms. The molecule has 1 aliphatic heterocycles. The number of sulfonamides is 1. The predicted octanol–water partition coefficient (Wildman–Crippen LogP) is 1.65. The molecule has 1 N–H and O–H groups in total. The van der Waals surface area contributed by atoms with Crippen LogP contribution in [0.3, 0.4) is 0 Å². The molecule has 112 valence electrons. The van der Waals surface area contributed by atoms with Crippen molar-refractivity contribution in [2.24, 2.45) is 0 Å². The fourth-order valence-corrected chi connectivity index (χ4v) is 2.96.